The smallest absolute Gasteiger partial charge is 0.180 e. The van der Waals surface area contributed by atoms with Gasteiger partial charge in [0.05, 0.1) is 16.3 Å². The van der Waals surface area contributed by atoms with Crippen LogP contribution < -0.4 is 5.73 Å². The maximum atomic E-state index is 13.1. The van der Waals surface area contributed by atoms with E-state index in [1.807, 2.05) is 13.8 Å². The molecular formula is C12H14FN3S2. The second-order valence-corrected chi connectivity index (χ2v) is 7.25. The first-order valence-corrected chi connectivity index (χ1v) is 7.46. The fourth-order valence-electron chi connectivity index (χ4n) is 2.00. The van der Waals surface area contributed by atoms with Gasteiger partial charge >= 0.3 is 0 Å². The highest BCUT2D eigenvalue weighted by molar-refractivity contribution is 7.19. The van der Waals surface area contributed by atoms with Gasteiger partial charge in [0.25, 0.3) is 0 Å². The minimum atomic E-state index is -0.502. The molecule has 2 aromatic heterocycles. The number of aryl methyl sites for hydroxylation is 2. The third-order valence-corrected chi connectivity index (χ3v) is 5.54. The average Bonchev–Trinajstić information content (AvgIpc) is 2.90. The number of nitrogen functional groups attached to an aromatic ring is 1. The van der Waals surface area contributed by atoms with Crippen LogP contribution in [0.25, 0.3) is 10.6 Å². The fourth-order valence-corrected chi connectivity index (χ4v) is 4.11. The van der Waals surface area contributed by atoms with Gasteiger partial charge in [-0.15, -0.1) is 11.3 Å². The van der Waals surface area contributed by atoms with E-state index < -0.39 is 12.1 Å². The van der Waals surface area contributed by atoms with Crippen LogP contribution in [0.3, 0.4) is 0 Å². The first kappa shape index (κ1) is 12.0. The van der Waals surface area contributed by atoms with Crippen molar-refractivity contribution in [2.75, 3.05) is 12.4 Å². The third kappa shape index (κ3) is 1.75. The standard InChI is InChI=1S/C12H14FN3S2/c1-12(2,5-13)10-16-8-7(17-10)4-3-6-9(8)18-11(14)15-6/h3-5H2,1-2H3,(H2,14,15). The Labute approximate surface area is 113 Å². The molecule has 0 unspecified atom stereocenters. The van der Waals surface area contributed by atoms with E-state index in [1.54, 1.807) is 11.3 Å². The van der Waals surface area contributed by atoms with Gasteiger partial charge in [-0.3, -0.25) is 4.39 Å². The molecule has 18 heavy (non-hydrogen) atoms. The molecule has 6 heteroatoms. The van der Waals surface area contributed by atoms with Crippen molar-refractivity contribution in [3.63, 3.8) is 0 Å². The molecule has 2 N–H and O–H groups in total. The number of hydrogen-bond donors (Lipinski definition) is 1. The van der Waals surface area contributed by atoms with Crippen LogP contribution in [0.2, 0.25) is 0 Å². The maximum Gasteiger partial charge on any atom is 0.180 e. The average molecular weight is 283 g/mol. The Hall–Kier alpha value is -1.01. The molecule has 2 aromatic rings. The lowest BCUT2D eigenvalue weighted by molar-refractivity contribution is 0.350. The van der Waals surface area contributed by atoms with Crippen LogP contribution in [0, 0.1) is 0 Å². The van der Waals surface area contributed by atoms with Crippen LogP contribution in [0.15, 0.2) is 0 Å². The number of thiazole rings is 2. The van der Waals surface area contributed by atoms with Crippen molar-refractivity contribution in [3.05, 3.63) is 15.6 Å². The van der Waals surface area contributed by atoms with Crippen molar-refractivity contribution in [1.29, 1.82) is 0 Å². The largest absolute Gasteiger partial charge is 0.375 e. The van der Waals surface area contributed by atoms with Gasteiger partial charge in [0.1, 0.15) is 11.7 Å². The summed E-state index contributed by atoms with van der Waals surface area (Å²) in [6.45, 7) is 3.38. The van der Waals surface area contributed by atoms with Crippen molar-refractivity contribution >= 4 is 27.8 Å². The highest BCUT2D eigenvalue weighted by Crippen LogP contribution is 2.42. The minimum Gasteiger partial charge on any atom is -0.375 e. The van der Waals surface area contributed by atoms with Gasteiger partial charge in [0.2, 0.25) is 0 Å². The van der Waals surface area contributed by atoms with Crippen molar-refractivity contribution in [1.82, 2.24) is 9.97 Å². The molecule has 0 saturated heterocycles. The molecule has 2 heterocycles. The molecule has 0 bridgehead atoms. The Morgan fingerprint density at radius 2 is 2.06 bits per heavy atom. The molecule has 1 aliphatic carbocycles. The molecule has 0 amide bonds. The number of anilines is 1. The van der Waals surface area contributed by atoms with Crippen LogP contribution in [0.4, 0.5) is 9.52 Å². The van der Waals surface area contributed by atoms with E-state index in [4.69, 9.17) is 5.73 Å². The quantitative estimate of drug-likeness (QED) is 0.921. The second kappa shape index (κ2) is 3.99. The lowest BCUT2D eigenvalue weighted by Gasteiger charge is -2.16. The van der Waals surface area contributed by atoms with Crippen LogP contribution >= 0.6 is 22.7 Å². The zero-order valence-corrected chi connectivity index (χ0v) is 11.9. The SMILES string of the molecule is CC(C)(CF)c1nc2c(s1)CCc1nc(N)sc1-2. The topological polar surface area (TPSA) is 51.8 Å². The number of rotatable bonds is 2. The number of fused-ring (bicyclic) bond motifs is 3. The predicted molar refractivity (Wildman–Crippen MR) is 74.0 cm³/mol. The van der Waals surface area contributed by atoms with Crippen LogP contribution in [0.5, 0.6) is 0 Å². The molecule has 0 aliphatic heterocycles. The Morgan fingerprint density at radius 3 is 2.78 bits per heavy atom. The number of halogens is 1. The van der Waals surface area contributed by atoms with E-state index in [2.05, 4.69) is 9.97 Å². The maximum absolute atomic E-state index is 13.1. The molecule has 1 aliphatic rings. The molecule has 0 spiro atoms. The van der Waals surface area contributed by atoms with Crippen molar-refractivity contribution in [2.24, 2.45) is 0 Å². The summed E-state index contributed by atoms with van der Waals surface area (Å²) in [7, 11) is 0. The summed E-state index contributed by atoms with van der Waals surface area (Å²) in [6, 6.07) is 0. The van der Waals surface area contributed by atoms with Crippen molar-refractivity contribution < 1.29 is 4.39 Å². The Morgan fingerprint density at radius 1 is 1.28 bits per heavy atom. The summed E-state index contributed by atoms with van der Waals surface area (Å²) < 4.78 is 13.1. The molecule has 3 rings (SSSR count). The lowest BCUT2D eigenvalue weighted by atomic mass is 9.97. The fraction of sp³-hybridized carbons (Fsp3) is 0.500. The number of aromatic nitrogens is 2. The van der Waals surface area contributed by atoms with E-state index in [9.17, 15) is 4.39 Å². The monoisotopic (exact) mass is 283 g/mol. The number of nitrogens with two attached hydrogens (primary N) is 1. The highest BCUT2D eigenvalue weighted by Gasteiger charge is 2.30. The molecule has 0 aromatic carbocycles. The molecular weight excluding hydrogens is 269 g/mol. The molecule has 0 fully saturated rings. The van der Waals surface area contributed by atoms with Crippen LogP contribution in [0.1, 0.15) is 29.4 Å². The van der Waals surface area contributed by atoms with Gasteiger partial charge in [-0.2, -0.15) is 0 Å². The van der Waals surface area contributed by atoms with Gasteiger partial charge in [-0.1, -0.05) is 25.2 Å². The summed E-state index contributed by atoms with van der Waals surface area (Å²) >= 11 is 3.11. The lowest BCUT2D eigenvalue weighted by Crippen LogP contribution is -2.19. The van der Waals surface area contributed by atoms with Crippen molar-refractivity contribution in [3.8, 4) is 10.6 Å². The molecule has 3 nitrogen and oxygen atoms in total. The number of nitrogens with zero attached hydrogens (tertiary/aromatic N) is 2. The van der Waals surface area contributed by atoms with Gasteiger partial charge in [-0.25, -0.2) is 9.97 Å². The van der Waals surface area contributed by atoms with E-state index >= 15 is 0 Å². The summed E-state index contributed by atoms with van der Waals surface area (Å²) in [6.07, 6.45) is 1.85. The van der Waals surface area contributed by atoms with Gasteiger partial charge < -0.3 is 5.73 Å². The summed E-state index contributed by atoms with van der Waals surface area (Å²) in [5.74, 6) is 0. The molecule has 0 atom stereocenters. The van der Waals surface area contributed by atoms with Gasteiger partial charge in [0.15, 0.2) is 5.13 Å². The zero-order chi connectivity index (χ0) is 12.9. The van der Waals surface area contributed by atoms with E-state index in [-0.39, 0.29) is 0 Å². The number of hydrogen-bond acceptors (Lipinski definition) is 5. The normalized spacial score (nSPS) is 14.4. The van der Waals surface area contributed by atoms with Gasteiger partial charge in [0, 0.05) is 10.3 Å². The Bertz CT molecular complexity index is 600. The molecule has 0 radical (unpaired) electrons. The summed E-state index contributed by atoms with van der Waals surface area (Å²) in [5, 5.41) is 1.46. The Kier molecular flexibility index (Phi) is 2.67. The number of alkyl halides is 1. The van der Waals surface area contributed by atoms with E-state index in [1.165, 1.54) is 16.2 Å². The molecule has 0 saturated carbocycles. The Balaban J connectivity index is 2.12. The van der Waals surface area contributed by atoms with Crippen LogP contribution in [-0.4, -0.2) is 16.6 Å². The summed E-state index contributed by atoms with van der Waals surface area (Å²) in [4.78, 5) is 11.3. The van der Waals surface area contributed by atoms with Crippen molar-refractivity contribution in [2.45, 2.75) is 32.1 Å². The summed E-state index contributed by atoms with van der Waals surface area (Å²) in [5.41, 5.74) is 7.28. The second-order valence-electron chi connectivity index (χ2n) is 5.14. The molecule has 96 valence electrons. The first-order valence-electron chi connectivity index (χ1n) is 5.83. The van der Waals surface area contributed by atoms with E-state index in [0.29, 0.717) is 5.13 Å². The van der Waals surface area contributed by atoms with Gasteiger partial charge in [-0.05, 0) is 12.8 Å². The predicted octanol–water partition coefficient (Wildman–Crippen LogP) is 3.19. The first-order chi connectivity index (χ1) is 8.51. The third-order valence-electron chi connectivity index (χ3n) is 3.13. The highest BCUT2D eigenvalue weighted by atomic mass is 32.1. The van der Waals surface area contributed by atoms with Crippen LogP contribution in [-0.2, 0) is 18.3 Å². The zero-order valence-electron chi connectivity index (χ0n) is 10.3. The van der Waals surface area contributed by atoms with E-state index in [0.717, 1.165) is 34.1 Å². The minimum absolute atomic E-state index is 0.392.